The van der Waals surface area contributed by atoms with Crippen LogP contribution < -0.4 is 0 Å². The fraction of sp³-hybridized carbons (Fsp3) is 0.875. The molecule has 0 aliphatic heterocycles. The first kappa shape index (κ1) is 19.5. The van der Waals surface area contributed by atoms with Crippen LogP contribution in [0.15, 0.2) is 0 Å². The number of ether oxygens (including phenoxy) is 1. The summed E-state index contributed by atoms with van der Waals surface area (Å²) < 4.78 is 5.26. The van der Waals surface area contributed by atoms with Gasteiger partial charge in [-0.05, 0) is 35.7 Å². The van der Waals surface area contributed by atoms with E-state index in [0.717, 1.165) is 11.5 Å². The van der Waals surface area contributed by atoms with Crippen LogP contribution in [-0.4, -0.2) is 29.9 Å². The van der Waals surface area contributed by atoms with Crippen molar-refractivity contribution < 1.29 is 14.3 Å². The average Bonchev–Trinajstić information content (AvgIpc) is 2.22. The zero-order valence-corrected chi connectivity index (χ0v) is 14.9. The van der Waals surface area contributed by atoms with Crippen molar-refractivity contribution in [2.24, 2.45) is 16.7 Å². The van der Waals surface area contributed by atoms with Gasteiger partial charge in [-0.1, -0.05) is 41.5 Å². The van der Waals surface area contributed by atoms with Gasteiger partial charge in [0.05, 0.1) is 6.61 Å². The van der Waals surface area contributed by atoms with E-state index in [1.165, 1.54) is 6.92 Å². The molecule has 4 heteroatoms. The summed E-state index contributed by atoms with van der Waals surface area (Å²) in [5.41, 5.74) is 0.196. The second-order valence-corrected chi connectivity index (χ2v) is 8.84. The minimum Gasteiger partial charge on any atom is -0.465 e. The molecule has 0 heterocycles. The number of hydrogen-bond acceptors (Lipinski definition) is 4. The van der Waals surface area contributed by atoms with Gasteiger partial charge in [0.25, 0.3) is 0 Å². The maximum Gasteiger partial charge on any atom is 0.316 e. The topological polar surface area (TPSA) is 43.4 Å². The second kappa shape index (κ2) is 8.06. The molecule has 0 aliphatic carbocycles. The number of thioether (sulfide) groups is 1. The van der Waals surface area contributed by atoms with Gasteiger partial charge < -0.3 is 4.74 Å². The molecular formula is C16H30O3S. The number of esters is 1. The first-order valence-electron chi connectivity index (χ1n) is 7.17. The van der Waals surface area contributed by atoms with Crippen molar-refractivity contribution in [2.45, 2.75) is 54.9 Å². The highest BCUT2D eigenvalue weighted by atomic mass is 32.2. The van der Waals surface area contributed by atoms with E-state index in [-0.39, 0.29) is 22.6 Å². The van der Waals surface area contributed by atoms with Gasteiger partial charge in [-0.2, -0.15) is 11.8 Å². The first-order chi connectivity index (χ1) is 8.92. The van der Waals surface area contributed by atoms with Gasteiger partial charge in [0, 0.05) is 0 Å². The summed E-state index contributed by atoms with van der Waals surface area (Å²) in [5, 5.41) is 0. The minimum atomic E-state index is -0.607. The maximum absolute atomic E-state index is 12.0. The van der Waals surface area contributed by atoms with Gasteiger partial charge in [-0.3, -0.25) is 9.59 Å². The number of carbonyl (C=O) groups is 2. The number of ketones is 1. The molecule has 0 aromatic rings. The summed E-state index contributed by atoms with van der Waals surface area (Å²) in [4.78, 5) is 23.6. The lowest BCUT2D eigenvalue weighted by molar-refractivity contribution is -0.154. The van der Waals surface area contributed by atoms with E-state index in [2.05, 4.69) is 20.8 Å². The SMILES string of the molecule is CC(=O)C(CCSCC(C)(C)C)C(=O)OCC(C)(C)C. The molecule has 0 saturated heterocycles. The van der Waals surface area contributed by atoms with E-state index in [1.54, 1.807) is 11.8 Å². The average molecular weight is 302 g/mol. The van der Waals surface area contributed by atoms with Crippen LogP contribution in [0.3, 0.4) is 0 Å². The summed E-state index contributed by atoms with van der Waals surface area (Å²) in [7, 11) is 0. The molecular weight excluding hydrogens is 272 g/mol. The van der Waals surface area contributed by atoms with Crippen LogP contribution in [0, 0.1) is 16.7 Å². The molecule has 0 rings (SSSR count). The molecule has 118 valence electrons. The van der Waals surface area contributed by atoms with Crippen molar-refractivity contribution in [1.82, 2.24) is 0 Å². The van der Waals surface area contributed by atoms with Gasteiger partial charge in [0.1, 0.15) is 11.7 Å². The van der Waals surface area contributed by atoms with Crippen molar-refractivity contribution in [2.75, 3.05) is 18.1 Å². The van der Waals surface area contributed by atoms with Crippen LogP contribution in [0.1, 0.15) is 54.9 Å². The monoisotopic (exact) mass is 302 g/mol. The Bertz CT molecular complexity index is 324. The Morgan fingerprint density at radius 3 is 2.00 bits per heavy atom. The minimum absolute atomic E-state index is 0.0714. The van der Waals surface area contributed by atoms with Crippen molar-refractivity contribution in [3.63, 3.8) is 0 Å². The third-order valence-corrected chi connectivity index (χ3v) is 4.10. The molecule has 1 unspecified atom stereocenters. The van der Waals surface area contributed by atoms with Crippen molar-refractivity contribution >= 4 is 23.5 Å². The Morgan fingerprint density at radius 1 is 1.05 bits per heavy atom. The van der Waals surface area contributed by atoms with Crippen LogP contribution in [-0.2, 0) is 14.3 Å². The van der Waals surface area contributed by atoms with Crippen molar-refractivity contribution in [3.8, 4) is 0 Å². The van der Waals surface area contributed by atoms with E-state index in [0.29, 0.717) is 13.0 Å². The highest BCUT2D eigenvalue weighted by molar-refractivity contribution is 7.99. The second-order valence-electron chi connectivity index (χ2n) is 7.73. The molecule has 0 amide bonds. The van der Waals surface area contributed by atoms with Crippen LogP contribution >= 0.6 is 11.8 Å². The molecule has 0 N–H and O–H groups in total. The zero-order valence-electron chi connectivity index (χ0n) is 14.0. The molecule has 0 spiro atoms. The Kier molecular flexibility index (Phi) is 7.85. The van der Waals surface area contributed by atoms with Gasteiger partial charge in [0.15, 0.2) is 0 Å². The van der Waals surface area contributed by atoms with E-state index in [4.69, 9.17) is 4.74 Å². The molecule has 3 nitrogen and oxygen atoms in total. The number of hydrogen-bond donors (Lipinski definition) is 0. The highest BCUT2D eigenvalue weighted by Gasteiger charge is 2.26. The van der Waals surface area contributed by atoms with Gasteiger partial charge in [0.2, 0.25) is 0 Å². The molecule has 0 fully saturated rings. The fourth-order valence-electron chi connectivity index (χ4n) is 1.45. The Labute approximate surface area is 128 Å². The summed E-state index contributed by atoms with van der Waals surface area (Å²) in [6.07, 6.45) is 0.569. The highest BCUT2D eigenvalue weighted by Crippen LogP contribution is 2.23. The zero-order chi connectivity index (χ0) is 16.0. The van der Waals surface area contributed by atoms with Crippen LogP contribution in [0.25, 0.3) is 0 Å². The van der Waals surface area contributed by atoms with Crippen molar-refractivity contribution in [3.05, 3.63) is 0 Å². The van der Waals surface area contributed by atoms with Crippen LogP contribution in [0.2, 0.25) is 0 Å². The predicted molar refractivity (Wildman–Crippen MR) is 86.0 cm³/mol. The predicted octanol–water partition coefficient (Wildman–Crippen LogP) is 3.95. The van der Waals surface area contributed by atoms with Gasteiger partial charge in [-0.25, -0.2) is 0 Å². The lowest BCUT2D eigenvalue weighted by Crippen LogP contribution is -2.28. The molecule has 0 radical (unpaired) electrons. The smallest absolute Gasteiger partial charge is 0.316 e. The van der Waals surface area contributed by atoms with Crippen molar-refractivity contribution in [1.29, 1.82) is 0 Å². The summed E-state index contributed by atoms with van der Waals surface area (Å²) >= 11 is 1.79. The fourth-order valence-corrected chi connectivity index (χ4v) is 2.61. The quantitative estimate of drug-likeness (QED) is 0.406. The van der Waals surface area contributed by atoms with E-state index < -0.39 is 5.92 Å². The van der Waals surface area contributed by atoms with E-state index in [1.807, 2.05) is 20.8 Å². The standard InChI is InChI=1S/C16H30O3S/c1-12(17)13(8-9-20-11-16(5,6)7)14(18)19-10-15(2,3)4/h13H,8-11H2,1-7H3. The summed E-state index contributed by atoms with van der Waals surface area (Å²) in [6.45, 7) is 14.4. The number of Topliss-reactive ketones (excluding diaryl/α,β-unsaturated/α-hetero) is 1. The summed E-state index contributed by atoms with van der Waals surface area (Å²) in [6, 6.07) is 0. The van der Waals surface area contributed by atoms with Gasteiger partial charge in [-0.15, -0.1) is 0 Å². The molecule has 0 aliphatic rings. The lowest BCUT2D eigenvalue weighted by atomic mass is 9.98. The number of carbonyl (C=O) groups excluding carboxylic acids is 2. The lowest BCUT2D eigenvalue weighted by Gasteiger charge is -2.21. The molecule has 0 saturated carbocycles. The largest absolute Gasteiger partial charge is 0.465 e. The summed E-state index contributed by atoms with van der Waals surface area (Å²) in [5.74, 6) is 0.759. The van der Waals surface area contributed by atoms with E-state index in [9.17, 15) is 9.59 Å². The molecule has 1 atom stereocenters. The molecule has 20 heavy (non-hydrogen) atoms. The normalized spacial score (nSPS) is 13.9. The van der Waals surface area contributed by atoms with Crippen LogP contribution in [0.4, 0.5) is 0 Å². The van der Waals surface area contributed by atoms with Crippen LogP contribution in [0.5, 0.6) is 0 Å². The number of rotatable bonds is 7. The molecule has 0 aromatic carbocycles. The Hall–Kier alpha value is -0.510. The Balaban J connectivity index is 4.23. The third-order valence-electron chi connectivity index (χ3n) is 2.51. The maximum atomic E-state index is 12.0. The third kappa shape index (κ3) is 10.3. The molecule has 0 bridgehead atoms. The van der Waals surface area contributed by atoms with Gasteiger partial charge >= 0.3 is 5.97 Å². The van der Waals surface area contributed by atoms with E-state index >= 15 is 0 Å². The first-order valence-corrected chi connectivity index (χ1v) is 8.33. The Morgan fingerprint density at radius 2 is 1.60 bits per heavy atom. The molecule has 0 aromatic heterocycles.